The van der Waals surface area contributed by atoms with Gasteiger partial charge >= 0.3 is 0 Å². The van der Waals surface area contributed by atoms with E-state index in [9.17, 15) is 9.59 Å². The molecule has 0 spiro atoms. The first-order chi connectivity index (χ1) is 14.6. The topological polar surface area (TPSA) is 60.3 Å². The van der Waals surface area contributed by atoms with Crippen molar-refractivity contribution in [2.75, 3.05) is 12.4 Å². The van der Waals surface area contributed by atoms with Crippen LogP contribution in [0.3, 0.4) is 0 Å². The van der Waals surface area contributed by atoms with Crippen molar-refractivity contribution in [3.8, 4) is 16.9 Å². The number of methoxy groups -OCH3 is 1. The fourth-order valence-electron chi connectivity index (χ4n) is 3.64. The number of hydrogen-bond acceptors (Lipinski definition) is 3. The van der Waals surface area contributed by atoms with Crippen molar-refractivity contribution in [1.82, 2.24) is 4.57 Å². The number of carbonyl (C=O) groups excluding carboxylic acids is 1. The summed E-state index contributed by atoms with van der Waals surface area (Å²) in [5.41, 5.74) is 2.66. The minimum atomic E-state index is -0.185. The first-order valence-corrected chi connectivity index (χ1v) is 9.68. The fraction of sp³-hybridized carbons (Fsp3) is 0.120. The SMILES string of the molecule is COc1cccc(-c2c(NC(=O)Cc3ccccc3)n(C)c3ccccc3c2=O)c1. The number of carbonyl (C=O) groups is 1. The third kappa shape index (κ3) is 3.70. The predicted octanol–water partition coefficient (Wildman–Crippen LogP) is 4.40. The van der Waals surface area contributed by atoms with Crippen molar-refractivity contribution in [3.63, 3.8) is 0 Å². The van der Waals surface area contributed by atoms with Gasteiger partial charge in [0.2, 0.25) is 5.91 Å². The molecule has 0 radical (unpaired) electrons. The summed E-state index contributed by atoms with van der Waals surface area (Å²) in [6, 6.07) is 24.2. The van der Waals surface area contributed by atoms with Crippen molar-refractivity contribution in [3.05, 3.63) is 94.6 Å². The van der Waals surface area contributed by atoms with Crippen LogP contribution in [0, 0.1) is 0 Å². The zero-order chi connectivity index (χ0) is 21.1. The van der Waals surface area contributed by atoms with Crippen molar-refractivity contribution in [2.24, 2.45) is 7.05 Å². The van der Waals surface area contributed by atoms with Gasteiger partial charge in [-0.1, -0.05) is 54.6 Å². The monoisotopic (exact) mass is 398 g/mol. The van der Waals surface area contributed by atoms with Crippen LogP contribution < -0.4 is 15.5 Å². The highest BCUT2D eigenvalue weighted by Crippen LogP contribution is 2.30. The van der Waals surface area contributed by atoms with Crippen LogP contribution in [0.25, 0.3) is 22.0 Å². The summed E-state index contributed by atoms with van der Waals surface area (Å²) >= 11 is 0. The molecule has 3 aromatic carbocycles. The first kappa shape index (κ1) is 19.5. The second-order valence-corrected chi connectivity index (χ2v) is 7.07. The Morgan fingerprint density at radius 3 is 2.47 bits per heavy atom. The number of para-hydroxylation sites is 1. The van der Waals surface area contributed by atoms with Crippen LogP contribution in [0.2, 0.25) is 0 Å². The Kier molecular flexibility index (Phi) is 5.35. The van der Waals surface area contributed by atoms with Gasteiger partial charge in [-0.15, -0.1) is 0 Å². The molecule has 0 saturated carbocycles. The third-order valence-electron chi connectivity index (χ3n) is 5.13. The van der Waals surface area contributed by atoms with Crippen LogP contribution in [0.15, 0.2) is 83.7 Å². The summed E-state index contributed by atoms with van der Waals surface area (Å²) in [5, 5.41) is 3.58. The third-order valence-corrected chi connectivity index (χ3v) is 5.13. The fourth-order valence-corrected chi connectivity index (χ4v) is 3.64. The maximum absolute atomic E-state index is 13.4. The number of fused-ring (bicyclic) bond motifs is 1. The van der Waals surface area contributed by atoms with Gasteiger partial charge < -0.3 is 14.6 Å². The lowest BCUT2D eigenvalue weighted by atomic mass is 10.0. The van der Waals surface area contributed by atoms with Crippen LogP contribution in [-0.4, -0.2) is 17.6 Å². The van der Waals surface area contributed by atoms with Crippen LogP contribution >= 0.6 is 0 Å². The number of hydrogen-bond donors (Lipinski definition) is 1. The molecule has 150 valence electrons. The molecule has 5 heteroatoms. The molecule has 0 saturated heterocycles. The Morgan fingerprint density at radius 2 is 1.70 bits per heavy atom. The molecule has 1 amide bonds. The van der Waals surface area contributed by atoms with Crippen molar-refractivity contribution in [2.45, 2.75) is 6.42 Å². The lowest BCUT2D eigenvalue weighted by Crippen LogP contribution is -2.22. The zero-order valence-electron chi connectivity index (χ0n) is 16.9. The Morgan fingerprint density at radius 1 is 0.967 bits per heavy atom. The van der Waals surface area contributed by atoms with Crippen molar-refractivity contribution in [1.29, 1.82) is 0 Å². The maximum Gasteiger partial charge on any atom is 0.229 e. The molecule has 30 heavy (non-hydrogen) atoms. The van der Waals surface area contributed by atoms with Crippen LogP contribution in [-0.2, 0) is 18.3 Å². The van der Waals surface area contributed by atoms with E-state index in [-0.39, 0.29) is 17.8 Å². The van der Waals surface area contributed by atoms with Gasteiger partial charge in [0.1, 0.15) is 11.6 Å². The summed E-state index contributed by atoms with van der Waals surface area (Å²) in [7, 11) is 3.43. The number of ether oxygens (including phenoxy) is 1. The van der Waals surface area contributed by atoms with E-state index in [0.29, 0.717) is 28.1 Å². The van der Waals surface area contributed by atoms with Crippen molar-refractivity contribution < 1.29 is 9.53 Å². The van der Waals surface area contributed by atoms with E-state index in [2.05, 4.69) is 5.32 Å². The summed E-state index contributed by atoms with van der Waals surface area (Å²) < 4.78 is 7.19. The van der Waals surface area contributed by atoms with E-state index in [0.717, 1.165) is 11.1 Å². The molecule has 0 aliphatic carbocycles. The number of pyridine rings is 1. The maximum atomic E-state index is 13.4. The molecule has 0 aliphatic heterocycles. The highest BCUT2D eigenvalue weighted by molar-refractivity contribution is 5.99. The van der Waals surface area contributed by atoms with Crippen molar-refractivity contribution >= 4 is 22.6 Å². The molecule has 1 heterocycles. The van der Waals surface area contributed by atoms with Gasteiger partial charge in [0.05, 0.1) is 24.6 Å². The summed E-state index contributed by atoms with van der Waals surface area (Å²) in [5.74, 6) is 0.924. The molecule has 1 aromatic heterocycles. The van der Waals surface area contributed by atoms with E-state index in [1.807, 2.05) is 78.3 Å². The second-order valence-electron chi connectivity index (χ2n) is 7.07. The van der Waals surface area contributed by atoms with Gasteiger partial charge in [-0.2, -0.15) is 0 Å². The number of anilines is 1. The lowest BCUT2D eigenvalue weighted by molar-refractivity contribution is -0.115. The normalized spacial score (nSPS) is 10.7. The Bertz CT molecular complexity index is 1280. The molecule has 0 unspecified atom stereocenters. The number of benzene rings is 3. The van der Waals surface area contributed by atoms with Crippen LogP contribution in [0.4, 0.5) is 5.82 Å². The summed E-state index contributed by atoms with van der Waals surface area (Å²) in [6.45, 7) is 0. The highest BCUT2D eigenvalue weighted by atomic mass is 16.5. The molecular formula is C25H22N2O3. The number of nitrogens with zero attached hydrogens (tertiary/aromatic N) is 1. The van der Waals surface area contributed by atoms with Gasteiger partial charge in [0.15, 0.2) is 5.43 Å². The Labute approximate surface area is 174 Å². The average Bonchev–Trinajstić information content (AvgIpc) is 2.78. The Hall–Kier alpha value is -3.86. The molecule has 0 bridgehead atoms. The lowest BCUT2D eigenvalue weighted by Gasteiger charge is -2.18. The average molecular weight is 398 g/mol. The van der Waals surface area contributed by atoms with Crippen LogP contribution in [0.5, 0.6) is 5.75 Å². The van der Waals surface area contributed by atoms with Gasteiger partial charge in [-0.05, 0) is 35.4 Å². The van der Waals surface area contributed by atoms with Gasteiger partial charge in [0, 0.05) is 12.4 Å². The summed E-state index contributed by atoms with van der Waals surface area (Å²) in [4.78, 5) is 26.3. The molecule has 0 aliphatic rings. The van der Waals surface area contributed by atoms with Gasteiger partial charge in [0.25, 0.3) is 0 Å². The second kappa shape index (κ2) is 8.25. The van der Waals surface area contributed by atoms with Gasteiger partial charge in [-0.3, -0.25) is 9.59 Å². The molecule has 4 rings (SSSR count). The number of aromatic nitrogens is 1. The largest absolute Gasteiger partial charge is 0.497 e. The molecule has 4 aromatic rings. The van der Waals surface area contributed by atoms with E-state index in [4.69, 9.17) is 4.74 Å². The van der Waals surface area contributed by atoms with E-state index in [1.165, 1.54) is 0 Å². The first-order valence-electron chi connectivity index (χ1n) is 9.68. The molecule has 1 N–H and O–H groups in total. The smallest absolute Gasteiger partial charge is 0.229 e. The molecule has 5 nitrogen and oxygen atoms in total. The van der Waals surface area contributed by atoms with Crippen LogP contribution in [0.1, 0.15) is 5.56 Å². The number of rotatable bonds is 5. The van der Waals surface area contributed by atoms with Gasteiger partial charge in [-0.25, -0.2) is 0 Å². The minimum absolute atomic E-state index is 0.132. The number of amides is 1. The summed E-state index contributed by atoms with van der Waals surface area (Å²) in [6.07, 6.45) is 0.222. The predicted molar refractivity (Wildman–Crippen MR) is 120 cm³/mol. The molecule has 0 atom stereocenters. The number of aryl methyl sites for hydroxylation is 1. The molecular weight excluding hydrogens is 376 g/mol. The Balaban J connectivity index is 1.87. The zero-order valence-corrected chi connectivity index (χ0v) is 16.9. The molecule has 0 fully saturated rings. The van der Waals surface area contributed by atoms with E-state index < -0.39 is 0 Å². The number of nitrogens with one attached hydrogen (secondary N) is 1. The standard InChI is InChI=1S/C25H22N2O3/c1-27-21-14-7-6-13-20(21)24(29)23(18-11-8-12-19(16-18)30-2)25(27)26-22(28)15-17-9-4-3-5-10-17/h3-14,16H,15H2,1-2H3,(H,26,28). The quantitative estimate of drug-likeness (QED) is 0.542. The van der Waals surface area contributed by atoms with E-state index >= 15 is 0 Å². The highest BCUT2D eigenvalue weighted by Gasteiger charge is 2.19. The minimum Gasteiger partial charge on any atom is -0.497 e. The van der Waals surface area contributed by atoms with E-state index in [1.54, 1.807) is 19.2 Å².